The summed E-state index contributed by atoms with van der Waals surface area (Å²) < 4.78 is 13.4. The van der Waals surface area contributed by atoms with Crippen molar-refractivity contribution in [3.63, 3.8) is 0 Å². The van der Waals surface area contributed by atoms with Gasteiger partial charge in [-0.1, -0.05) is 18.2 Å². The number of morpholine rings is 1. The summed E-state index contributed by atoms with van der Waals surface area (Å²) in [5.41, 5.74) is 1.77. The molecule has 3 aromatic rings. The maximum atomic E-state index is 12.5. The molecule has 0 bridgehead atoms. The fourth-order valence-corrected chi connectivity index (χ4v) is 3.50. The van der Waals surface area contributed by atoms with Gasteiger partial charge >= 0.3 is 0 Å². The summed E-state index contributed by atoms with van der Waals surface area (Å²) in [7, 11) is 3.98. The first-order chi connectivity index (χ1) is 12.6. The summed E-state index contributed by atoms with van der Waals surface area (Å²) in [4.78, 5) is 14.7. The summed E-state index contributed by atoms with van der Waals surface area (Å²) in [5.74, 6) is 0.0780. The Morgan fingerprint density at radius 3 is 2.92 bits per heavy atom. The van der Waals surface area contributed by atoms with Crippen LogP contribution in [0.25, 0.3) is 11.0 Å². The van der Waals surface area contributed by atoms with Gasteiger partial charge in [0, 0.05) is 31.7 Å². The normalized spacial score (nSPS) is 21.2. The SMILES string of the molecule is CN1CCO[C@@H](CNC(=O)c2cc3ccccc3o2)[C@@H]1c1ccnn1C. The second-order valence-corrected chi connectivity index (χ2v) is 6.57. The van der Waals surface area contributed by atoms with Crippen LogP contribution in [0.3, 0.4) is 0 Å². The minimum atomic E-state index is -0.234. The largest absolute Gasteiger partial charge is 0.451 e. The minimum Gasteiger partial charge on any atom is -0.451 e. The molecule has 1 amide bonds. The average Bonchev–Trinajstić information content (AvgIpc) is 3.26. The molecule has 0 spiro atoms. The number of carbonyl (C=O) groups excluding carboxylic acids is 1. The number of benzene rings is 1. The number of rotatable bonds is 4. The Balaban J connectivity index is 1.48. The molecule has 3 heterocycles. The molecule has 0 unspecified atom stereocenters. The number of nitrogens with zero attached hydrogens (tertiary/aromatic N) is 3. The summed E-state index contributed by atoms with van der Waals surface area (Å²) >= 11 is 0. The van der Waals surface area contributed by atoms with E-state index in [0.29, 0.717) is 24.5 Å². The molecular weight excluding hydrogens is 332 g/mol. The van der Waals surface area contributed by atoms with E-state index < -0.39 is 0 Å². The van der Waals surface area contributed by atoms with Crippen LogP contribution in [0.5, 0.6) is 0 Å². The molecule has 1 aliphatic heterocycles. The van der Waals surface area contributed by atoms with Gasteiger partial charge in [-0.3, -0.25) is 14.4 Å². The van der Waals surface area contributed by atoms with Crippen LogP contribution >= 0.6 is 0 Å². The molecule has 0 aliphatic carbocycles. The monoisotopic (exact) mass is 354 g/mol. The van der Waals surface area contributed by atoms with Crippen LogP contribution in [0.2, 0.25) is 0 Å². The first-order valence-corrected chi connectivity index (χ1v) is 8.70. The Labute approximate surface area is 151 Å². The van der Waals surface area contributed by atoms with Crippen molar-refractivity contribution in [3.8, 4) is 0 Å². The standard InChI is InChI=1S/C19H22N4O3/c1-22-9-10-25-17(18(22)14-7-8-21-23(14)2)12-20-19(24)16-11-13-5-3-4-6-15(13)26-16/h3-8,11,17-18H,9-10,12H2,1-2H3,(H,20,24)/t17-,18-/m0/s1. The summed E-state index contributed by atoms with van der Waals surface area (Å²) in [6.45, 7) is 1.87. The number of ether oxygens (including phenoxy) is 1. The zero-order chi connectivity index (χ0) is 18.1. The fraction of sp³-hybridized carbons (Fsp3) is 0.368. The van der Waals surface area contributed by atoms with Crippen LogP contribution in [0.15, 0.2) is 47.0 Å². The first kappa shape index (κ1) is 16.8. The molecule has 7 nitrogen and oxygen atoms in total. The highest BCUT2D eigenvalue weighted by atomic mass is 16.5. The number of aromatic nitrogens is 2. The lowest BCUT2D eigenvalue weighted by Crippen LogP contribution is -2.48. The van der Waals surface area contributed by atoms with E-state index in [0.717, 1.165) is 17.6 Å². The van der Waals surface area contributed by atoms with E-state index in [9.17, 15) is 4.79 Å². The highest BCUT2D eigenvalue weighted by Crippen LogP contribution is 2.27. The van der Waals surface area contributed by atoms with Crippen molar-refractivity contribution in [2.24, 2.45) is 7.05 Å². The van der Waals surface area contributed by atoms with Gasteiger partial charge in [0.05, 0.1) is 24.4 Å². The van der Waals surface area contributed by atoms with Crippen LogP contribution in [0.4, 0.5) is 0 Å². The van der Waals surface area contributed by atoms with E-state index in [-0.39, 0.29) is 18.1 Å². The highest BCUT2D eigenvalue weighted by Gasteiger charge is 2.33. The van der Waals surface area contributed by atoms with Gasteiger partial charge in [0.25, 0.3) is 5.91 Å². The van der Waals surface area contributed by atoms with Gasteiger partial charge in [0.15, 0.2) is 5.76 Å². The Morgan fingerprint density at radius 1 is 1.31 bits per heavy atom. The van der Waals surface area contributed by atoms with Crippen LogP contribution in [0.1, 0.15) is 22.3 Å². The van der Waals surface area contributed by atoms with Crippen LogP contribution < -0.4 is 5.32 Å². The number of likely N-dealkylation sites (N-methyl/N-ethyl adjacent to an activating group) is 1. The van der Waals surface area contributed by atoms with E-state index >= 15 is 0 Å². The molecular formula is C19H22N4O3. The van der Waals surface area contributed by atoms with E-state index in [1.165, 1.54) is 0 Å². The molecule has 4 rings (SSSR count). The lowest BCUT2D eigenvalue weighted by molar-refractivity contribution is -0.0629. The Bertz CT molecular complexity index is 883. The molecule has 7 heteroatoms. The number of aryl methyl sites for hydroxylation is 1. The first-order valence-electron chi connectivity index (χ1n) is 8.70. The third-order valence-electron chi connectivity index (χ3n) is 4.88. The van der Waals surface area contributed by atoms with Gasteiger partial charge in [-0.25, -0.2) is 0 Å². The molecule has 1 fully saturated rings. The maximum absolute atomic E-state index is 12.5. The number of carbonyl (C=O) groups is 1. The predicted molar refractivity (Wildman–Crippen MR) is 96.9 cm³/mol. The van der Waals surface area contributed by atoms with Crippen molar-refractivity contribution in [3.05, 3.63) is 54.0 Å². The Kier molecular flexibility index (Phi) is 4.48. The smallest absolute Gasteiger partial charge is 0.287 e. The fourth-order valence-electron chi connectivity index (χ4n) is 3.50. The lowest BCUT2D eigenvalue weighted by Gasteiger charge is -2.39. The number of para-hydroxylation sites is 1. The predicted octanol–water partition coefficient (Wildman–Crippen LogP) is 1.97. The second kappa shape index (κ2) is 6.93. The molecule has 0 radical (unpaired) electrons. The van der Waals surface area contributed by atoms with Crippen molar-refractivity contribution in [2.75, 3.05) is 26.7 Å². The van der Waals surface area contributed by atoms with Gasteiger partial charge in [0.2, 0.25) is 0 Å². The van der Waals surface area contributed by atoms with Crippen molar-refractivity contribution in [1.82, 2.24) is 20.0 Å². The number of fused-ring (bicyclic) bond motifs is 1. The number of furan rings is 1. The molecule has 1 N–H and O–H groups in total. The Hall–Kier alpha value is -2.64. The summed E-state index contributed by atoms with van der Waals surface area (Å²) in [5, 5.41) is 8.12. The number of amides is 1. The second-order valence-electron chi connectivity index (χ2n) is 6.57. The number of hydrogen-bond donors (Lipinski definition) is 1. The topological polar surface area (TPSA) is 72.5 Å². The summed E-state index contributed by atoms with van der Waals surface area (Å²) in [6.07, 6.45) is 1.62. The number of nitrogens with one attached hydrogen (secondary N) is 1. The van der Waals surface area contributed by atoms with E-state index in [1.807, 2.05) is 42.1 Å². The summed E-state index contributed by atoms with van der Waals surface area (Å²) in [6, 6.07) is 11.4. The third kappa shape index (κ3) is 3.11. The molecule has 1 aromatic carbocycles. The van der Waals surface area contributed by atoms with E-state index in [1.54, 1.807) is 12.3 Å². The highest BCUT2D eigenvalue weighted by molar-refractivity contribution is 5.96. The zero-order valence-electron chi connectivity index (χ0n) is 14.9. The van der Waals surface area contributed by atoms with Gasteiger partial charge in [-0.15, -0.1) is 0 Å². The van der Waals surface area contributed by atoms with E-state index in [4.69, 9.17) is 9.15 Å². The van der Waals surface area contributed by atoms with Gasteiger partial charge in [-0.2, -0.15) is 5.10 Å². The van der Waals surface area contributed by atoms with Crippen molar-refractivity contribution in [1.29, 1.82) is 0 Å². The van der Waals surface area contributed by atoms with Crippen LogP contribution in [-0.4, -0.2) is 53.4 Å². The molecule has 1 aliphatic rings. The van der Waals surface area contributed by atoms with E-state index in [2.05, 4.69) is 22.4 Å². The number of hydrogen-bond acceptors (Lipinski definition) is 5. The molecule has 136 valence electrons. The van der Waals surface area contributed by atoms with Crippen molar-refractivity contribution >= 4 is 16.9 Å². The van der Waals surface area contributed by atoms with Crippen LogP contribution in [0, 0.1) is 0 Å². The Morgan fingerprint density at radius 2 is 2.15 bits per heavy atom. The molecule has 26 heavy (non-hydrogen) atoms. The molecule has 0 saturated carbocycles. The van der Waals surface area contributed by atoms with Crippen LogP contribution in [-0.2, 0) is 11.8 Å². The zero-order valence-corrected chi connectivity index (χ0v) is 14.9. The van der Waals surface area contributed by atoms with Gasteiger partial charge in [0.1, 0.15) is 5.58 Å². The molecule has 2 aromatic heterocycles. The molecule has 2 atom stereocenters. The van der Waals surface area contributed by atoms with Crippen molar-refractivity contribution in [2.45, 2.75) is 12.1 Å². The maximum Gasteiger partial charge on any atom is 0.287 e. The van der Waals surface area contributed by atoms with Gasteiger partial charge in [-0.05, 0) is 25.2 Å². The lowest BCUT2D eigenvalue weighted by atomic mass is 10.0. The third-order valence-corrected chi connectivity index (χ3v) is 4.88. The molecule has 1 saturated heterocycles. The average molecular weight is 354 g/mol. The quantitative estimate of drug-likeness (QED) is 0.775. The van der Waals surface area contributed by atoms with Gasteiger partial charge < -0.3 is 14.5 Å². The minimum absolute atomic E-state index is 0.0345. The van der Waals surface area contributed by atoms with Crippen molar-refractivity contribution < 1.29 is 13.9 Å².